The number of fused-ring (bicyclic) bond motifs is 1. The minimum Gasteiger partial charge on any atom is -0.335 e. The number of hydrogen-bond acceptors (Lipinski definition) is 2. The summed E-state index contributed by atoms with van der Waals surface area (Å²) in [5.41, 5.74) is -0.112. The average molecular weight is 312 g/mol. The summed E-state index contributed by atoms with van der Waals surface area (Å²) >= 11 is 0. The first-order valence-electron chi connectivity index (χ1n) is 7.61. The zero-order valence-corrected chi connectivity index (χ0v) is 12.2. The van der Waals surface area contributed by atoms with Crippen molar-refractivity contribution in [3.05, 3.63) is 35.4 Å². The van der Waals surface area contributed by atoms with Gasteiger partial charge in [-0.15, -0.1) is 0 Å². The molecule has 2 aliphatic rings. The molecule has 3 rings (SSSR count). The second-order valence-electron chi connectivity index (χ2n) is 6.08. The highest BCUT2D eigenvalue weighted by atomic mass is 19.4. The highest BCUT2D eigenvalue weighted by molar-refractivity contribution is 5.77. The average Bonchev–Trinajstić information content (AvgIpc) is 2.50. The van der Waals surface area contributed by atoms with Gasteiger partial charge in [-0.05, 0) is 49.5 Å². The maximum atomic E-state index is 12.8. The molecule has 1 amide bonds. The van der Waals surface area contributed by atoms with Crippen LogP contribution < -0.4 is 5.32 Å². The molecule has 2 heterocycles. The third-order valence-electron chi connectivity index (χ3n) is 4.62. The van der Waals surface area contributed by atoms with E-state index in [0.717, 1.165) is 38.1 Å². The van der Waals surface area contributed by atoms with Crippen LogP contribution in [0.15, 0.2) is 24.3 Å². The van der Waals surface area contributed by atoms with Crippen molar-refractivity contribution >= 4 is 5.91 Å². The third-order valence-corrected chi connectivity index (χ3v) is 4.62. The zero-order chi connectivity index (χ0) is 15.7. The molecule has 0 aromatic heterocycles. The standard InChI is InChI=1S/C16H19F3N2O/c17-16(18,19)13-3-1-2-11(8-13)10-21-14-6-7-20-9-12(14)4-5-15(21)22/h1-3,8,12,14,20H,4-7,9-10H2/t12-,14+/m1/s1. The number of rotatable bonds is 2. The first kappa shape index (κ1) is 15.3. The van der Waals surface area contributed by atoms with Crippen LogP contribution in [0.2, 0.25) is 0 Å². The molecule has 2 fully saturated rings. The second kappa shape index (κ2) is 5.91. The molecule has 6 heteroatoms. The van der Waals surface area contributed by atoms with Crippen molar-refractivity contribution < 1.29 is 18.0 Å². The first-order chi connectivity index (χ1) is 10.4. The molecule has 1 N–H and O–H groups in total. The molecule has 1 aromatic rings. The van der Waals surface area contributed by atoms with Crippen LogP contribution in [0.5, 0.6) is 0 Å². The van der Waals surface area contributed by atoms with Crippen LogP contribution >= 0.6 is 0 Å². The first-order valence-corrected chi connectivity index (χ1v) is 7.61. The summed E-state index contributed by atoms with van der Waals surface area (Å²) in [5, 5.41) is 3.33. The molecule has 3 nitrogen and oxygen atoms in total. The van der Waals surface area contributed by atoms with E-state index in [-0.39, 0.29) is 18.5 Å². The fourth-order valence-electron chi connectivity index (χ4n) is 3.50. The molecular weight excluding hydrogens is 293 g/mol. The summed E-state index contributed by atoms with van der Waals surface area (Å²) < 4.78 is 38.4. The van der Waals surface area contributed by atoms with Gasteiger partial charge in [0, 0.05) is 19.0 Å². The molecule has 0 aliphatic carbocycles. The fraction of sp³-hybridized carbons (Fsp3) is 0.562. The van der Waals surface area contributed by atoms with E-state index in [9.17, 15) is 18.0 Å². The van der Waals surface area contributed by atoms with Gasteiger partial charge in [0.2, 0.25) is 5.91 Å². The van der Waals surface area contributed by atoms with Gasteiger partial charge in [-0.2, -0.15) is 13.2 Å². The SMILES string of the molecule is O=C1CC[C@@H]2CNCC[C@@H]2N1Cc1cccc(C(F)(F)F)c1. The van der Waals surface area contributed by atoms with Crippen molar-refractivity contribution in [2.24, 2.45) is 5.92 Å². The minimum atomic E-state index is -4.35. The van der Waals surface area contributed by atoms with E-state index in [1.54, 1.807) is 11.0 Å². The minimum absolute atomic E-state index is 0.0561. The number of hydrogen-bond donors (Lipinski definition) is 1. The number of nitrogens with one attached hydrogen (secondary N) is 1. The summed E-state index contributed by atoms with van der Waals surface area (Å²) in [7, 11) is 0. The number of piperidine rings is 2. The Morgan fingerprint density at radius 1 is 1.27 bits per heavy atom. The van der Waals surface area contributed by atoms with Crippen LogP contribution in [0.3, 0.4) is 0 Å². The van der Waals surface area contributed by atoms with E-state index in [2.05, 4.69) is 5.32 Å². The Hall–Kier alpha value is -1.56. The quantitative estimate of drug-likeness (QED) is 0.911. The Bertz CT molecular complexity index is 559. The summed E-state index contributed by atoms with van der Waals surface area (Å²) in [5.74, 6) is 0.470. The number of alkyl halides is 3. The smallest absolute Gasteiger partial charge is 0.335 e. The van der Waals surface area contributed by atoms with Gasteiger partial charge in [0.05, 0.1) is 5.56 Å². The van der Waals surface area contributed by atoms with Gasteiger partial charge < -0.3 is 10.2 Å². The summed E-state index contributed by atoms with van der Waals surface area (Å²) in [6.45, 7) is 2.01. The van der Waals surface area contributed by atoms with Crippen LogP contribution in [-0.4, -0.2) is 29.9 Å². The number of amides is 1. The number of likely N-dealkylation sites (tertiary alicyclic amines) is 1. The number of nitrogens with zero attached hydrogens (tertiary/aromatic N) is 1. The van der Waals surface area contributed by atoms with Gasteiger partial charge in [-0.25, -0.2) is 0 Å². The number of carbonyl (C=O) groups excluding carboxylic acids is 1. The molecule has 0 radical (unpaired) electrons. The highest BCUT2D eigenvalue weighted by Crippen LogP contribution is 2.32. The Labute approximate surface area is 127 Å². The lowest BCUT2D eigenvalue weighted by molar-refractivity contribution is -0.140. The summed E-state index contributed by atoms with van der Waals surface area (Å²) in [4.78, 5) is 14.0. The lowest BCUT2D eigenvalue weighted by atomic mass is 9.84. The molecule has 1 aromatic carbocycles. The van der Waals surface area contributed by atoms with E-state index in [1.807, 2.05) is 0 Å². The van der Waals surface area contributed by atoms with Crippen molar-refractivity contribution in [2.75, 3.05) is 13.1 Å². The molecule has 2 atom stereocenters. The van der Waals surface area contributed by atoms with Crippen LogP contribution in [-0.2, 0) is 17.5 Å². The van der Waals surface area contributed by atoms with Crippen LogP contribution in [0, 0.1) is 5.92 Å². The number of carbonyl (C=O) groups is 1. The van der Waals surface area contributed by atoms with Crippen molar-refractivity contribution in [3.63, 3.8) is 0 Å². The van der Waals surface area contributed by atoms with E-state index >= 15 is 0 Å². The fourth-order valence-corrected chi connectivity index (χ4v) is 3.50. The lowest BCUT2D eigenvalue weighted by Gasteiger charge is -2.44. The molecular formula is C16H19F3N2O. The van der Waals surface area contributed by atoms with Gasteiger partial charge >= 0.3 is 6.18 Å². The topological polar surface area (TPSA) is 32.3 Å². The number of halogens is 3. The van der Waals surface area contributed by atoms with Crippen molar-refractivity contribution in [2.45, 2.75) is 38.0 Å². The normalized spacial score (nSPS) is 26.0. The van der Waals surface area contributed by atoms with Crippen molar-refractivity contribution in [1.82, 2.24) is 10.2 Å². The maximum absolute atomic E-state index is 12.8. The zero-order valence-electron chi connectivity index (χ0n) is 12.2. The number of benzene rings is 1. The lowest BCUT2D eigenvalue weighted by Crippen LogP contribution is -2.54. The molecule has 22 heavy (non-hydrogen) atoms. The molecule has 0 unspecified atom stereocenters. The van der Waals surface area contributed by atoms with Crippen LogP contribution in [0.4, 0.5) is 13.2 Å². The molecule has 120 valence electrons. The monoisotopic (exact) mass is 312 g/mol. The Kier molecular flexibility index (Phi) is 4.12. The van der Waals surface area contributed by atoms with E-state index in [1.165, 1.54) is 6.07 Å². The largest absolute Gasteiger partial charge is 0.416 e. The van der Waals surface area contributed by atoms with E-state index in [4.69, 9.17) is 0 Å². The molecule has 0 bridgehead atoms. The molecule has 0 saturated carbocycles. The van der Waals surface area contributed by atoms with Gasteiger partial charge in [0.15, 0.2) is 0 Å². The Morgan fingerprint density at radius 2 is 2.09 bits per heavy atom. The third kappa shape index (κ3) is 3.11. The van der Waals surface area contributed by atoms with Crippen LogP contribution in [0.1, 0.15) is 30.4 Å². The molecule has 2 saturated heterocycles. The molecule has 2 aliphatic heterocycles. The highest BCUT2D eigenvalue weighted by Gasteiger charge is 2.37. The van der Waals surface area contributed by atoms with E-state index < -0.39 is 11.7 Å². The van der Waals surface area contributed by atoms with E-state index in [0.29, 0.717) is 17.9 Å². The van der Waals surface area contributed by atoms with Crippen molar-refractivity contribution in [1.29, 1.82) is 0 Å². The summed E-state index contributed by atoms with van der Waals surface area (Å²) in [6, 6.07) is 5.43. The maximum Gasteiger partial charge on any atom is 0.416 e. The van der Waals surface area contributed by atoms with Crippen LogP contribution in [0.25, 0.3) is 0 Å². The van der Waals surface area contributed by atoms with Gasteiger partial charge in [0.25, 0.3) is 0 Å². The molecule has 0 spiro atoms. The predicted molar refractivity (Wildman–Crippen MR) is 76.0 cm³/mol. The van der Waals surface area contributed by atoms with Gasteiger partial charge in [-0.3, -0.25) is 4.79 Å². The predicted octanol–water partition coefficient (Wildman–Crippen LogP) is 2.81. The summed E-state index contributed by atoms with van der Waals surface area (Å²) in [6.07, 6.45) is -2.12. The second-order valence-corrected chi connectivity index (χ2v) is 6.08. The van der Waals surface area contributed by atoms with Gasteiger partial charge in [0.1, 0.15) is 0 Å². The Morgan fingerprint density at radius 3 is 2.86 bits per heavy atom. The Balaban J connectivity index is 1.80. The van der Waals surface area contributed by atoms with Gasteiger partial charge in [-0.1, -0.05) is 12.1 Å². The van der Waals surface area contributed by atoms with Crippen molar-refractivity contribution in [3.8, 4) is 0 Å².